The van der Waals surface area contributed by atoms with Crippen molar-refractivity contribution in [2.75, 3.05) is 13.6 Å². The van der Waals surface area contributed by atoms with Crippen LogP contribution in [0.15, 0.2) is 30.7 Å². The van der Waals surface area contributed by atoms with Crippen molar-refractivity contribution < 1.29 is 0 Å². The first-order valence-electron chi connectivity index (χ1n) is 6.94. The van der Waals surface area contributed by atoms with Crippen LogP contribution >= 0.6 is 0 Å². The molecular weight excluding hydrogens is 250 g/mol. The lowest BCUT2D eigenvalue weighted by Gasteiger charge is -2.10. The molecule has 0 aliphatic rings. The first kappa shape index (κ1) is 12.9. The van der Waals surface area contributed by atoms with Gasteiger partial charge in [-0.05, 0) is 25.6 Å². The van der Waals surface area contributed by atoms with Crippen molar-refractivity contribution in [1.82, 2.24) is 25.3 Å². The molecule has 20 heavy (non-hydrogen) atoms. The molecule has 1 unspecified atom stereocenters. The summed E-state index contributed by atoms with van der Waals surface area (Å²) in [4.78, 5) is 15.3. The standard InChI is InChI=1S/C15H19N5/c1-3-10(7-16-2)15-17-8-14(20-15)11-4-5-12-13(6-11)19-9-18-12/h4-6,8-10,16H,3,7H2,1-2H3,(H,17,20)(H,18,19). The van der Waals surface area contributed by atoms with Gasteiger partial charge in [-0.25, -0.2) is 9.97 Å². The zero-order valence-electron chi connectivity index (χ0n) is 11.8. The highest BCUT2D eigenvalue weighted by Crippen LogP contribution is 2.24. The largest absolute Gasteiger partial charge is 0.345 e. The van der Waals surface area contributed by atoms with Crippen molar-refractivity contribution in [3.63, 3.8) is 0 Å². The molecule has 0 bridgehead atoms. The Morgan fingerprint density at radius 1 is 1.30 bits per heavy atom. The lowest BCUT2D eigenvalue weighted by atomic mass is 10.1. The summed E-state index contributed by atoms with van der Waals surface area (Å²) in [7, 11) is 1.97. The van der Waals surface area contributed by atoms with E-state index in [0.29, 0.717) is 5.92 Å². The minimum absolute atomic E-state index is 0.421. The summed E-state index contributed by atoms with van der Waals surface area (Å²) in [5.41, 5.74) is 4.20. The topological polar surface area (TPSA) is 69.4 Å². The van der Waals surface area contributed by atoms with Gasteiger partial charge in [-0.3, -0.25) is 0 Å². The van der Waals surface area contributed by atoms with E-state index in [2.05, 4.69) is 44.3 Å². The lowest BCUT2D eigenvalue weighted by molar-refractivity contribution is 0.586. The van der Waals surface area contributed by atoms with E-state index in [1.165, 1.54) is 0 Å². The Morgan fingerprint density at radius 3 is 3.00 bits per heavy atom. The number of hydrogen-bond acceptors (Lipinski definition) is 3. The van der Waals surface area contributed by atoms with Crippen LogP contribution in [0.2, 0.25) is 0 Å². The average Bonchev–Trinajstić information content (AvgIpc) is 3.12. The van der Waals surface area contributed by atoms with E-state index in [1.54, 1.807) is 6.33 Å². The maximum Gasteiger partial charge on any atom is 0.110 e. The molecule has 0 spiro atoms. The van der Waals surface area contributed by atoms with Crippen molar-refractivity contribution >= 4 is 11.0 Å². The van der Waals surface area contributed by atoms with E-state index >= 15 is 0 Å². The normalized spacial score (nSPS) is 12.9. The van der Waals surface area contributed by atoms with Crippen molar-refractivity contribution in [3.05, 3.63) is 36.5 Å². The number of aromatic amines is 2. The molecule has 5 heteroatoms. The van der Waals surface area contributed by atoms with Crippen molar-refractivity contribution in [3.8, 4) is 11.3 Å². The number of nitrogens with zero attached hydrogens (tertiary/aromatic N) is 2. The molecule has 5 nitrogen and oxygen atoms in total. The average molecular weight is 269 g/mol. The fraction of sp³-hybridized carbons (Fsp3) is 0.333. The van der Waals surface area contributed by atoms with Crippen LogP contribution in [0.1, 0.15) is 25.1 Å². The van der Waals surface area contributed by atoms with E-state index in [9.17, 15) is 0 Å². The molecule has 1 aromatic carbocycles. The fourth-order valence-electron chi connectivity index (χ4n) is 2.47. The molecule has 1 atom stereocenters. The number of likely N-dealkylation sites (N-methyl/N-ethyl adjacent to an activating group) is 1. The summed E-state index contributed by atoms with van der Waals surface area (Å²) in [6, 6.07) is 6.19. The summed E-state index contributed by atoms with van der Waals surface area (Å²) in [6.07, 6.45) is 4.69. The first-order valence-corrected chi connectivity index (χ1v) is 6.94. The highest BCUT2D eigenvalue weighted by molar-refractivity contribution is 5.80. The molecule has 0 amide bonds. The number of H-pyrrole nitrogens is 2. The molecule has 0 saturated carbocycles. The molecule has 0 saturated heterocycles. The summed E-state index contributed by atoms with van der Waals surface area (Å²) in [5.74, 6) is 1.46. The van der Waals surface area contributed by atoms with E-state index in [-0.39, 0.29) is 0 Å². The first-order chi connectivity index (χ1) is 9.81. The van der Waals surface area contributed by atoms with Gasteiger partial charge in [0.1, 0.15) is 5.82 Å². The number of fused-ring (bicyclic) bond motifs is 1. The Balaban J connectivity index is 1.92. The highest BCUT2D eigenvalue weighted by Gasteiger charge is 2.13. The molecule has 3 N–H and O–H groups in total. The van der Waals surface area contributed by atoms with Crippen molar-refractivity contribution in [2.24, 2.45) is 0 Å². The Kier molecular flexibility index (Phi) is 3.52. The van der Waals surface area contributed by atoms with Gasteiger partial charge in [-0.15, -0.1) is 0 Å². The summed E-state index contributed by atoms with van der Waals surface area (Å²) in [6.45, 7) is 3.11. The van der Waals surface area contributed by atoms with Gasteiger partial charge >= 0.3 is 0 Å². The third kappa shape index (κ3) is 2.32. The monoisotopic (exact) mass is 269 g/mol. The lowest BCUT2D eigenvalue weighted by Crippen LogP contribution is -2.17. The molecule has 0 fully saturated rings. The molecule has 104 valence electrons. The van der Waals surface area contributed by atoms with Gasteiger partial charge in [0.05, 0.1) is 29.3 Å². The number of nitrogens with one attached hydrogen (secondary N) is 3. The van der Waals surface area contributed by atoms with E-state index < -0.39 is 0 Å². The number of imidazole rings is 2. The second kappa shape index (κ2) is 5.46. The van der Waals surface area contributed by atoms with Gasteiger partial charge in [-0.1, -0.05) is 13.0 Å². The highest BCUT2D eigenvalue weighted by atomic mass is 14.9. The second-order valence-corrected chi connectivity index (χ2v) is 4.98. The summed E-state index contributed by atoms with van der Waals surface area (Å²) in [5, 5.41) is 3.21. The smallest absolute Gasteiger partial charge is 0.110 e. The van der Waals surface area contributed by atoms with Gasteiger partial charge in [0.2, 0.25) is 0 Å². The molecule has 0 aliphatic heterocycles. The quantitative estimate of drug-likeness (QED) is 0.667. The number of aromatic nitrogens is 4. The SMILES string of the molecule is CCC(CNC)c1ncc(-c2ccc3nc[nH]c3c2)[nH]1. The van der Waals surface area contributed by atoms with Gasteiger partial charge < -0.3 is 15.3 Å². The predicted octanol–water partition coefficient (Wildman–Crippen LogP) is 2.67. The Bertz CT molecular complexity index is 697. The molecule has 3 rings (SSSR count). The van der Waals surface area contributed by atoms with Crippen molar-refractivity contribution in [2.45, 2.75) is 19.3 Å². The van der Waals surface area contributed by atoms with E-state index in [1.807, 2.05) is 19.3 Å². The minimum atomic E-state index is 0.421. The van der Waals surface area contributed by atoms with Crippen LogP contribution in [-0.2, 0) is 0 Å². The summed E-state index contributed by atoms with van der Waals surface area (Å²) < 4.78 is 0. The van der Waals surface area contributed by atoms with Crippen LogP contribution < -0.4 is 5.32 Å². The maximum atomic E-state index is 4.53. The van der Waals surface area contributed by atoms with Crippen LogP contribution in [0.3, 0.4) is 0 Å². The fourth-order valence-corrected chi connectivity index (χ4v) is 2.47. The number of benzene rings is 1. The third-order valence-corrected chi connectivity index (χ3v) is 3.66. The number of rotatable bonds is 5. The Morgan fingerprint density at radius 2 is 2.20 bits per heavy atom. The van der Waals surface area contributed by atoms with Gasteiger partial charge in [-0.2, -0.15) is 0 Å². The van der Waals surface area contributed by atoms with Crippen LogP contribution in [0.25, 0.3) is 22.3 Å². The van der Waals surface area contributed by atoms with Crippen LogP contribution in [-0.4, -0.2) is 33.5 Å². The van der Waals surface area contributed by atoms with E-state index in [4.69, 9.17) is 0 Å². The Hall–Kier alpha value is -2.14. The molecule has 0 aliphatic carbocycles. The van der Waals surface area contributed by atoms with Gasteiger partial charge in [0, 0.05) is 18.0 Å². The number of hydrogen-bond donors (Lipinski definition) is 3. The molecule has 3 aromatic rings. The predicted molar refractivity (Wildman–Crippen MR) is 80.6 cm³/mol. The molecule has 2 heterocycles. The molecular formula is C15H19N5. The molecule has 0 radical (unpaired) electrons. The zero-order chi connectivity index (χ0) is 13.9. The Labute approximate surface area is 117 Å². The van der Waals surface area contributed by atoms with Gasteiger partial charge in [0.15, 0.2) is 0 Å². The van der Waals surface area contributed by atoms with Gasteiger partial charge in [0.25, 0.3) is 0 Å². The van der Waals surface area contributed by atoms with Crippen LogP contribution in [0.4, 0.5) is 0 Å². The van der Waals surface area contributed by atoms with Crippen molar-refractivity contribution in [1.29, 1.82) is 0 Å². The second-order valence-electron chi connectivity index (χ2n) is 4.98. The van der Waals surface area contributed by atoms with Crippen LogP contribution in [0.5, 0.6) is 0 Å². The molecule has 2 aromatic heterocycles. The summed E-state index contributed by atoms with van der Waals surface area (Å²) >= 11 is 0. The maximum absolute atomic E-state index is 4.53. The third-order valence-electron chi connectivity index (χ3n) is 3.66. The minimum Gasteiger partial charge on any atom is -0.345 e. The van der Waals surface area contributed by atoms with Crippen LogP contribution in [0, 0.1) is 0 Å². The van der Waals surface area contributed by atoms with E-state index in [0.717, 1.165) is 41.1 Å². The zero-order valence-corrected chi connectivity index (χ0v) is 11.8.